The van der Waals surface area contributed by atoms with Crippen molar-refractivity contribution < 1.29 is 9.53 Å². The van der Waals surface area contributed by atoms with Gasteiger partial charge in [-0.05, 0) is 0 Å². The van der Waals surface area contributed by atoms with Crippen LogP contribution in [0.4, 0.5) is 0 Å². The first-order valence-corrected chi connectivity index (χ1v) is 3.36. The van der Waals surface area contributed by atoms with Gasteiger partial charge in [-0.25, -0.2) is 0 Å². The number of hydrogen-bond donors (Lipinski definition) is 0. The first-order valence-electron chi connectivity index (χ1n) is 2.98. The minimum absolute atomic E-state index is 0.409. The average Bonchev–Trinajstić information content (AvgIpc) is 2.04. The molecule has 0 bridgehead atoms. The number of carbonyl (C=O) groups excluding carboxylic acids is 1. The van der Waals surface area contributed by atoms with E-state index in [4.69, 9.17) is 21.6 Å². The van der Waals surface area contributed by atoms with Gasteiger partial charge >= 0.3 is 0 Å². The van der Waals surface area contributed by atoms with E-state index in [1.54, 1.807) is 6.07 Å². The van der Waals surface area contributed by atoms with E-state index in [9.17, 15) is 4.79 Å². The molecule has 0 aromatic carbocycles. The smallest absolute Gasteiger partial charge is 0.264 e. The highest BCUT2D eigenvalue weighted by molar-refractivity contribution is 6.40. The van der Waals surface area contributed by atoms with Gasteiger partial charge in [0, 0.05) is 14.2 Å². The molecule has 1 heterocycles. The molecule has 0 spiro atoms. The number of halogens is 1. The minimum atomic E-state index is -1.50. The number of methoxy groups -OCH3 is 1. The van der Waals surface area contributed by atoms with Crippen molar-refractivity contribution in [3.8, 4) is 6.07 Å². The molecular weight excluding hydrogens is 168 g/mol. The summed E-state index contributed by atoms with van der Waals surface area (Å²) in [6.45, 7) is 0. The van der Waals surface area contributed by atoms with E-state index >= 15 is 0 Å². The summed E-state index contributed by atoms with van der Waals surface area (Å²) < 4.78 is 4.83. The minimum Gasteiger partial charge on any atom is -0.358 e. The number of amides is 1. The Bertz CT molecular complexity index is 237. The van der Waals surface area contributed by atoms with Gasteiger partial charge in [-0.3, -0.25) is 4.79 Å². The van der Waals surface area contributed by atoms with Gasteiger partial charge < -0.3 is 9.64 Å². The molecule has 1 rings (SSSR count). The molecule has 5 heteroatoms. The third-order valence-electron chi connectivity index (χ3n) is 1.71. The molecule has 11 heavy (non-hydrogen) atoms. The fourth-order valence-corrected chi connectivity index (χ4v) is 1.46. The largest absolute Gasteiger partial charge is 0.358 e. The average molecular weight is 175 g/mol. The van der Waals surface area contributed by atoms with E-state index in [1.807, 2.05) is 0 Å². The number of β-lactam (4-membered cyclic amide) rings is 1. The molecule has 1 aliphatic rings. The van der Waals surface area contributed by atoms with Gasteiger partial charge in [-0.1, -0.05) is 11.6 Å². The maximum atomic E-state index is 11.0. The molecular formula is C6H7ClN2O2. The van der Waals surface area contributed by atoms with Crippen LogP contribution >= 0.6 is 11.6 Å². The van der Waals surface area contributed by atoms with Crippen LogP contribution in [0.15, 0.2) is 0 Å². The van der Waals surface area contributed by atoms with E-state index in [0.717, 1.165) is 0 Å². The van der Waals surface area contributed by atoms with Crippen molar-refractivity contribution in [2.45, 2.75) is 11.1 Å². The van der Waals surface area contributed by atoms with Crippen molar-refractivity contribution >= 4 is 17.5 Å². The lowest BCUT2D eigenvalue weighted by atomic mass is 9.97. The van der Waals surface area contributed by atoms with Gasteiger partial charge in [0.25, 0.3) is 10.8 Å². The maximum Gasteiger partial charge on any atom is 0.264 e. The molecule has 0 saturated carbocycles. The van der Waals surface area contributed by atoms with Gasteiger partial charge in [0.15, 0.2) is 6.23 Å². The van der Waals surface area contributed by atoms with Crippen LogP contribution in [-0.2, 0) is 9.53 Å². The molecule has 0 aromatic rings. The molecule has 1 saturated heterocycles. The first kappa shape index (κ1) is 8.31. The second-order valence-electron chi connectivity index (χ2n) is 2.33. The molecule has 1 aliphatic heterocycles. The highest BCUT2D eigenvalue weighted by atomic mass is 35.5. The predicted octanol–water partition coefficient (Wildman–Crippen LogP) is -0.0679. The number of likely N-dealkylation sites (tertiary alicyclic amines) is 1. The van der Waals surface area contributed by atoms with Gasteiger partial charge in [0.05, 0.1) is 0 Å². The number of nitrogens with zero attached hydrogens (tertiary/aromatic N) is 2. The normalized spacial score (nSPS) is 36.4. The van der Waals surface area contributed by atoms with Crippen LogP contribution in [0.2, 0.25) is 0 Å². The number of ether oxygens (including phenoxy) is 1. The topological polar surface area (TPSA) is 53.3 Å². The Hall–Kier alpha value is -0.790. The van der Waals surface area contributed by atoms with Crippen LogP contribution < -0.4 is 0 Å². The maximum absolute atomic E-state index is 11.0. The lowest BCUT2D eigenvalue weighted by molar-refractivity contribution is -0.170. The van der Waals surface area contributed by atoms with Gasteiger partial charge in [-0.15, -0.1) is 0 Å². The van der Waals surface area contributed by atoms with E-state index < -0.39 is 17.0 Å². The van der Waals surface area contributed by atoms with Crippen LogP contribution in [0.5, 0.6) is 0 Å². The van der Waals surface area contributed by atoms with Crippen LogP contribution in [0.1, 0.15) is 0 Å². The Morgan fingerprint density at radius 1 is 1.91 bits per heavy atom. The number of carbonyl (C=O) groups is 1. The zero-order chi connectivity index (χ0) is 8.65. The summed E-state index contributed by atoms with van der Waals surface area (Å²) in [6.07, 6.45) is -0.623. The van der Waals surface area contributed by atoms with Gasteiger partial charge in [0.1, 0.15) is 6.07 Å². The van der Waals surface area contributed by atoms with Gasteiger partial charge in [-0.2, -0.15) is 5.26 Å². The predicted molar refractivity (Wildman–Crippen MR) is 37.8 cm³/mol. The number of alkyl halides is 1. The summed E-state index contributed by atoms with van der Waals surface area (Å²) >= 11 is 5.63. The standard InChI is InChI=1S/C6H7ClN2O2/c1-9-4(10)6(7,3-8)5(9)11-2/h5H,1-2H3/t5-,6+/m0/s1. The number of hydrogen-bond acceptors (Lipinski definition) is 3. The third kappa shape index (κ3) is 0.817. The van der Waals surface area contributed by atoms with Crippen molar-refractivity contribution in [2.75, 3.05) is 14.2 Å². The third-order valence-corrected chi connectivity index (χ3v) is 2.14. The van der Waals surface area contributed by atoms with E-state index in [-0.39, 0.29) is 0 Å². The Labute approximate surface area is 69.3 Å². The van der Waals surface area contributed by atoms with Crippen molar-refractivity contribution in [1.29, 1.82) is 5.26 Å². The quantitative estimate of drug-likeness (QED) is 0.413. The Balaban J connectivity index is 2.85. The fraction of sp³-hybridized carbons (Fsp3) is 0.667. The Morgan fingerprint density at radius 3 is 2.73 bits per heavy atom. The van der Waals surface area contributed by atoms with Crippen molar-refractivity contribution in [1.82, 2.24) is 4.90 Å². The summed E-state index contributed by atoms with van der Waals surface area (Å²) in [4.78, 5) is 10.8. The summed E-state index contributed by atoms with van der Waals surface area (Å²) in [5, 5.41) is 8.53. The zero-order valence-electron chi connectivity index (χ0n) is 6.17. The zero-order valence-corrected chi connectivity index (χ0v) is 6.92. The van der Waals surface area contributed by atoms with Crippen molar-refractivity contribution in [3.05, 3.63) is 0 Å². The first-order chi connectivity index (χ1) is 5.07. The Kier molecular flexibility index (Phi) is 1.78. The number of rotatable bonds is 1. The van der Waals surface area contributed by atoms with E-state index in [0.29, 0.717) is 0 Å². The highest BCUT2D eigenvalue weighted by Gasteiger charge is 2.60. The molecule has 1 fully saturated rings. The molecule has 0 unspecified atom stereocenters. The van der Waals surface area contributed by atoms with Crippen molar-refractivity contribution in [3.63, 3.8) is 0 Å². The second kappa shape index (κ2) is 2.36. The van der Waals surface area contributed by atoms with Crippen molar-refractivity contribution in [2.24, 2.45) is 0 Å². The van der Waals surface area contributed by atoms with Crippen LogP contribution in [-0.4, -0.2) is 36.1 Å². The highest BCUT2D eigenvalue weighted by Crippen LogP contribution is 2.35. The lowest BCUT2D eigenvalue weighted by Gasteiger charge is -2.45. The summed E-state index contributed by atoms with van der Waals surface area (Å²) in [5.74, 6) is -0.409. The molecule has 60 valence electrons. The lowest BCUT2D eigenvalue weighted by Crippen LogP contribution is -2.69. The molecule has 0 N–H and O–H groups in total. The Morgan fingerprint density at radius 2 is 2.45 bits per heavy atom. The monoisotopic (exact) mass is 174 g/mol. The van der Waals surface area contributed by atoms with Crippen LogP contribution in [0.3, 0.4) is 0 Å². The number of nitriles is 1. The summed E-state index contributed by atoms with van der Waals surface area (Å²) in [7, 11) is 2.94. The molecule has 2 atom stereocenters. The molecule has 1 amide bonds. The second-order valence-corrected chi connectivity index (χ2v) is 2.92. The van der Waals surface area contributed by atoms with E-state index in [2.05, 4.69) is 0 Å². The van der Waals surface area contributed by atoms with Gasteiger partial charge in [0.2, 0.25) is 0 Å². The van der Waals surface area contributed by atoms with Crippen LogP contribution in [0.25, 0.3) is 0 Å². The molecule has 4 nitrogen and oxygen atoms in total. The SMILES string of the molecule is CO[C@@H]1N(C)C(=O)[C@]1(Cl)C#N. The summed E-state index contributed by atoms with van der Waals surface area (Å²) in [6, 6.07) is 1.71. The summed E-state index contributed by atoms with van der Waals surface area (Å²) in [5.41, 5.74) is 0. The molecule has 0 aromatic heterocycles. The van der Waals surface area contributed by atoms with Crippen LogP contribution in [0, 0.1) is 11.3 Å². The molecule has 0 radical (unpaired) electrons. The fourth-order valence-electron chi connectivity index (χ4n) is 1.09. The molecule has 0 aliphatic carbocycles. The van der Waals surface area contributed by atoms with E-state index in [1.165, 1.54) is 19.1 Å².